The molecule has 4 nitrogen and oxygen atoms in total. The van der Waals surface area contributed by atoms with Crippen molar-refractivity contribution in [3.05, 3.63) is 24.8 Å². The number of nitrogens with one attached hydrogen (secondary N) is 2. The molecule has 0 aromatic rings. The molecular formula is C11H25N3O. The van der Waals surface area contributed by atoms with E-state index in [4.69, 9.17) is 5.73 Å². The van der Waals surface area contributed by atoms with Gasteiger partial charge in [-0.2, -0.15) is 0 Å². The van der Waals surface area contributed by atoms with Gasteiger partial charge in [-0.05, 0) is 20.9 Å². The van der Waals surface area contributed by atoms with Crippen molar-refractivity contribution in [3.8, 4) is 0 Å². The zero-order valence-electron chi connectivity index (χ0n) is 10.3. The Morgan fingerprint density at radius 3 is 1.80 bits per heavy atom. The highest BCUT2D eigenvalue weighted by molar-refractivity contribution is 5.77. The Bertz CT molecular complexity index is 152. The van der Waals surface area contributed by atoms with Crippen molar-refractivity contribution in [2.45, 2.75) is 13.8 Å². The molecule has 90 valence electrons. The molecule has 0 spiro atoms. The molecule has 0 aliphatic heterocycles. The number of amides is 1. The van der Waals surface area contributed by atoms with Gasteiger partial charge in [0.05, 0.1) is 6.54 Å². The molecule has 0 heterocycles. The zero-order chi connectivity index (χ0) is 12.5. The van der Waals surface area contributed by atoms with Crippen LogP contribution in [-0.4, -0.2) is 33.1 Å². The minimum absolute atomic E-state index is 0.0162. The predicted octanol–water partition coefficient (Wildman–Crippen LogP) is 0.665. The summed E-state index contributed by atoms with van der Waals surface area (Å²) in [5.74, 6) is 0.0162. The number of hydrogen-bond donors (Lipinski definition) is 3. The van der Waals surface area contributed by atoms with Gasteiger partial charge in [-0.3, -0.25) is 4.79 Å². The van der Waals surface area contributed by atoms with Crippen LogP contribution in [0.4, 0.5) is 0 Å². The van der Waals surface area contributed by atoms with E-state index in [1.807, 2.05) is 26.0 Å². The number of carbonyl (C=O) groups excluding carboxylic acids is 1. The average molecular weight is 215 g/mol. The third-order valence-electron chi connectivity index (χ3n) is 1.12. The second kappa shape index (κ2) is 23.0. The first-order chi connectivity index (χ1) is 7.14. The van der Waals surface area contributed by atoms with Gasteiger partial charge >= 0.3 is 0 Å². The Labute approximate surface area is 93.6 Å². The molecule has 0 aromatic heterocycles. The summed E-state index contributed by atoms with van der Waals surface area (Å²) in [4.78, 5) is 10.2. The van der Waals surface area contributed by atoms with Crippen molar-refractivity contribution in [2.24, 2.45) is 5.73 Å². The summed E-state index contributed by atoms with van der Waals surface area (Å²) in [5.41, 5.74) is 4.91. The van der Waals surface area contributed by atoms with E-state index in [1.54, 1.807) is 20.2 Å². The number of carbonyl (C=O) groups is 1. The minimum Gasteiger partial charge on any atom is -0.358 e. The van der Waals surface area contributed by atoms with Crippen LogP contribution in [0.15, 0.2) is 24.8 Å². The molecule has 0 saturated carbocycles. The van der Waals surface area contributed by atoms with Gasteiger partial charge in [-0.25, -0.2) is 0 Å². The van der Waals surface area contributed by atoms with Gasteiger partial charge in [-0.1, -0.05) is 18.2 Å². The first kappa shape index (κ1) is 19.4. The normalized spacial score (nSPS) is 8.07. The Morgan fingerprint density at radius 1 is 1.33 bits per heavy atom. The molecule has 0 radical (unpaired) electrons. The van der Waals surface area contributed by atoms with Gasteiger partial charge in [-0.15, -0.1) is 6.58 Å². The lowest BCUT2D eigenvalue weighted by Crippen LogP contribution is -2.28. The molecule has 0 unspecified atom stereocenters. The van der Waals surface area contributed by atoms with E-state index >= 15 is 0 Å². The minimum atomic E-state index is 0.0162. The van der Waals surface area contributed by atoms with Gasteiger partial charge in [0.2, 0.25) is 5.91 Å². The SMILES string of the molecule is C/C=C/C.C=CCN.CNCC(=O)NC. The molecule has 4 N–H and O–H groups in total. The molecule has 1 amide bonds. The third kappa shape index (κ3) is 44.1. The molecule has 0 aliphatic rings. The molecule has 0 fully saturated rings. The highest BCUT2D eigenvalue weighted by atomic mass is 16.1. The first-order valence-corrected chi connectivity index (χ1v) is 4.87. The van der Waals surface area contributed by atoms with E-state index in [9.17, 15) is 4.79 Å². The topological polar surface area (TPSA) is 67.1 Å². The van der Waals surface area contributed by atoms with Crippen LogP contribution in [0.2, 0.25) is 0 Å². The smallest absolute Gasteiger partial charge is 0.233 e. The standard InChI is InChI=1S/C4H10N2O.C4H8.C3H7N/c1-5-3-4(7)6-2;1-3-4-2;1-2-3-4/h5H,3H2,1-2H3,(H,6,7);3-4H,1-2H3;2H,1,3-4H2/b;4-3+;. The summed E-state index contributed by atoms with van der Waals surface area (Å²) in [6.07, 6.45) is 5.65. The summed E-state index contributed by atoms with van der Waals surface area (Å²) in [6.45, 7) is 8.34. The van der Waals surface area contributed by atoms with E-state index in [0.717, 1.165) is 0 Å². The average Bonchev–Trinajstić information content (AvgIpc) is 2.30. The Balaban J connectivity index is -0.000000155. The lowest BCUT2D eigenvalue weighted by Gasteiger charge is -1.93. The number of allylic oxidation sites excluding steroid dienone is 2. The molecule has 0 aliphatic carbocycles. The third-order valence-corrected chi connectivity index (χ3v) is 1.12. The molecular weight excluding hydrogens is 190 g/mol. The molecule has 0 bridgehead atoms. The van der Waals surface area contributed by atoms with Crippen molar-refractivity contribution >= 4 is 5.91 Å². The molecule has 0 rings (SSSR count). The van der Waals surface area contributed by atoms with E-state index in [1.165, 1.54) is 0 Å². The van der Waals surface area contributed by atoms with Crippen LogP contribution in [0.5, 0.6) is 0 Å². The van der Waals surface area contributed by atoms with Crippen molar-refractivity contribution in [1.29, 1.82) is 0 Å². The maximum Gasteiger partial charge on any atom is 0.233 e. The molecule has 4 heteroatoms. The fourth-order valence-corrected chi connectivity index (χ4v) is 0.249. The summed E-state index contributed by atoms with van der Waals surface area (Å²) >= 11 is 0. The number of rotatable bonds is 3. The summed E-state index contributed by atoms with van der Waals surface area (Å²) in [6, 6.07) is 0. The van der Waals surface area contributed by atoms with Crippen LogP contribution in [-0.2, 0) is 4.79 Å². The van der Waals surface area contributed by atoms with Gasteiger partial charge < -0.3 is 16.4 Å². The Hall–Kier alpha value is -1.13. The number of hydrogen-bond acceptors (Lipinski definition) is 3. The lowest BCUT2D eigenvalue weighted by atomic mass is 10.6. The van der Waals surface area contributed by atoms with E-state index in [2.05, 4.69) is 17.2 Å². The van der Waals surface area contributed by atoms with E-state index < -0.39 is 0 Å². The molecule has 0 aromatic carbocycles. The molecule has 0 atom stereocenters. The largest absolute Gasteiger partial charge is 0.358 e. The Kier molecular flexibility index (Phi) is 29.9. The van der Waals surface area contributed by atoms with Crippen molar-refractivity contribution in [1.82, 2.24) is 10.6 Å². The number of nitrogens with two attached hydrogens (primary N) is 1. The fraction of sp³-hybridized carbons (Fsp3) is 0.545. The lowest BCUT2D eigenvalue weighted by molar-refractivity contribution is -0.119. The molecule has 0 saturated heterocycles. The van der Waals surface area contributed by atoms with Crippen LogP contribution < -0.4 is 16.4 Å². The second-order valence-corrected chi connectivity index (χ2v) is 2.39. The number of likely N-dealkylation sites (N-methyl/N-ethyl adjacent to an activating group) is 2. The van der Waals surface area contributed by atoms with Gasteiger partial charge in [0.15, 0.2) is 0 Å². The molecule has 15 heavy (non-hydrogen) atoms. The zero-order valence-corrected chi connectivity index (χ0v) is 10.3. The van der Waals surface area contributed by atoms with Crippen LogP contribution >= 0.6 is 0 Å². The maximum absolute atomic E-state index is 10.2. The van der Waals surface area contributed by atoms with Crippen molar-refractivity contribution in [3.63, 3.8) is 0 Å². The predicted molar refractivity (Wildman–Crippen MR) is 67.7 cm³/mol. The highest BCUT2D eigenvalue weighted by Gasteiger charge is 1.88. The first-order valence-electron chi connectivity index (χ1n) is 4.87. The van der Waals surface area contributed by atoms with Gasteiger partial charge in [0.25, 0.3) is 0 Å². The van der Waals surface area contributed by atoms with E-state index in [0.29, 0.717) is 13.1 Å². The summed E-state index contributed by atoms with van der Waals surface area (Å²) in [7, 11) is 3.34. The van der Waals surface area contributed by atoms with Crippen LogP contribution in [0.3, 0.4) is 0 Å². The fourth-order valence-electron chi connectivity index (χ4n) is 0.249. The second-order valence-electron chi connectivity index (χ2n) is 2.39. The summed E-state index contributed by atoms with van der Waals surface area (Å²) < 4.78 is 0. The van der Waals surface area contributed by atoms with Gasteiger partial charge in [0, 0.05) is 13.6 Å². The van der Waals surface area contributed by atoms with Crippen LogP contribution in [0.25, 0.3) is 0 Å². The van der Waals surface area contributed by atoms with Crippen LogP contribution in [0, 0.1) is 0 Å². The highest BCUT2D eigenvalue weighted by Crippen LogP contribution is 1.57. The van der Waals surface area contributed by atoms with Crippen molar-refractivity contribution < 1.29 is 4.79 Å². The Morgan fingerprint density at radius 2 is 1.73 bits per heavy atom. The van der Waals surface area contributed by atoms with Crippen molar-refractivity contribution in [2.75, 3.05) is 27.2 Å². The quantitative estimate of drug-likeness (QED) is 0.606. The monoisotopic (exact) mass is 215 g/mol. The van der Waals surface area contributed by atoms with E-state index in [-0.39, 0.29) is 5.91 Å². The van der Waals surface area contributed by atoms with Crippen LogP contribution in [0.1, 0.15) is 13.8 Å². The maximum atomic E-state index is 10.2. The van der Waals surface area contributed by atoms with Gasteiger partial charge in [0.1, 0.15) is 0 Å². The summed E-state index contributed by atoms with van der Waals surface area (Å²) in [5, 5.41) is 5.17.